The molecular formula is C22H16BNO3. The number of aromatic nitrogens is 1. The van der Waals surface area contributed by atoms with Crippen molar-refractivity contribution in [3.8, 4) is 5.69 Å². The van der Waals surface area contributed by atoms with E-state index in [1.54, 1.807) is 0 Å². The molecule has 4 aromatic rings. The minimum Gasteiger partial charge on any atom is -0.423 e. The fraction of sp³-hybridized carbons (Fsp3) is 0.0455. The van der Waals surface area contributed by atoms with Crippen LogP contribution in [0.4, 0.5) is 0 Å². The SMILES string of the molecule is O=C(c1ccn(-c2ccc3c(c2)B(O)OC3)c1)c1cccc2ccccc12. The molecule has 0 fully saturated rings. The lowest BCUT2D eigenvalue weighted by Crippen LogP contribution is -2.28. The third-order valence-corrected chi connectivity index (χ3v) is 5.08. The van der Waals surface area contributed by atoms with Gasteiger partial charge in [0.25, 0.3) is 0 Å². The number of fused-ring (bicyclic) bond motifs is 2. The van der Waals surface area contributed by atoms with Gasteiger partial charge in [0.1, 0.15) is 0 Å². The fourth-order valence-corrected chi connectivity index (χ4v) is 3.63. The molecule has 130 valence electrons. The first-order valence-electron chi connectivity index (χ1n) is 8.84. The monoisotopic (exact) mass is 353 g/mol. The van der Waals surface area contributed by atoms with Gasteiger partial charge < -0.3 is 14.2 Å². The molecule has 0 saturated carbocycles. The summed E-state index contributed by atoms with van der Waals surface area (Å²) in [5, 5.41) is 11.9. The Morgan fingerprint density at radius 2 is 1.89 bits per heavy atom. The van der Waals surface area contributed by atoms with Gasteiger partial charge in [-0.1, -0.05) is 48.5 Å². The van der Waals surface area contributed by atoms with Crippen molar-refractivity contribution < 1.29 is 14.5 Å². The minimum atomic E-state index is -0.882. The molecule has 0 saturated heterocycles. The van der Waals surface area contributed by atoms with E-state index in [1.807, 2.05) is 83.7 Å². The lowest BCUT2D eigenvalue weighted by molar-refractivity contribution is 0.104. The van der Waals surface area contributed by atoms with Crippen LogP contribution >= 0.6 is 0 Å². The summed E-state index contributed by atoms with van der Waals surface area (Å²) in [7, 11) is -0.882. The smallest absolute Gasteiger partial charge is 0.423 e. The van der Waals surface area contributed by atoms with E-state index >= 15 is 0 Å². The van der Waals surface area contributed by atoms with Crippen LogP contribution in [0.25, 0.3) is 16.5 Å². The molecule has 5 rings (SSSR count). The first kappa shape index (κ1) is 16.1. The third kappa shape index (κ3) is 2.68. The van der Waals surface area contributed by atoms with Crippen LogP contribution in [0, 0.1) is 0 Å². The highest BCUT2D eigenvalue weighted by atomic mass is 16.5. The number of benzene rings is 3. The molecule has 0 amide bonds. The summed E-state index contributed by atoms with van der Waals surface area (Å²) in [6.07, 6.45) is 3.69. The maximum atomic E-state index is 13.1. The number of hydrogen-bond acceptors (Lipinski definition) is 3. The Morgan fingerprint density at radius 3 is 2.81 bits per heavy atom. The van der Waals surface area contributed by atoms with Gasteiger partial charge in [0.2, 0.25) is 0 Å². The van der Waals surface area contributed by atoms with E-state index in [-0.39, 0.29) is 5.78 Å². The van der Waals surface area contributed by atoms with Crippen molar-refractivity contribution in [2.45, 2.75) is 6.61 Å². The van der Waals surface area contributed by atoms with Crippen LogP contribution in [0.2, 0.25) is 0 Å². The van der Waals surface area contributed by atoms with Crippen molar-refractivity contribution in [2.24, 2.45) is 0 Å². The van der Waals surface area contributed by atoms with E-state index in [2.05, 4.69) is 0 Å². The van der Waals surface area contributed by atoms with Crippen molar-refractivity contribution in [2.75, 3.05) is 0 Å². The highest BCUT2D eigenvalue weighted by molar-refractivity contribution is 6.61. The van der Waals surface area contributed by atoms with Gasteiger partial charge in [0.15, 0.2) is 5.78 Å². The van der Waals surface area contributed by atoms with Crippen LogP contribution in [0.15, 0.2) is 79.1 Å². The number of ketones is 1. The van der Waals surface area contributed by atoms with Crippen LogP contribution in [-0.2, 0) is 11.3 Å². The van der Waals surface area contributed by atoms with Crippen molar-refractivity contribution in [3.63, 3.8) is 0 Å². The molecule has 5 heteroatoms. The first-order chi connectivity index (χ1) is 13.2. The van der Waals surface area contributed by atoms with Crippen LogP contribution in [0.1, 0.15) is 21.5 Å². The Labute approximate surface area is 156 Å². The molecular weight excluding hydrogens is 337 g/mol. The van der Waals surface area contributed by atoms with Crippen molar-refractivity contribution in [1.29, 1.82) is 0 Å². The lowest BCUT2D eigenvalue weighted by Gasteiger charge is -2.06. The predicted octanol–water partition coefficient (Wildman–Crippen LogP) is 3.08. The zero-order valence-electron chi connectivity index (χ0n) is 14.5. The number of rotatable bonds is 3. The summed E-state index contributed by atoms with van der Waals surface area (Å²) in [6.45, 7) is 0.424. The van der Waals surface area contributed by atoms with E-state index in [1.165, 1.54) is 0 Å². The van der Waals surface area contributed by atoms with Crippen molar-refractivity contribution in [3.05, 3.63) is 95.8 Å². The molecule has 27 heavy (non-hydrogen) atoms. The summed E-state index contributed by atoms with van der Waals surface area (Å²) in [6, 6.07) is 21.3. The van der Waals surface area contributed by atoms with Crippen LogP contribution in [-0.4, -0.2) is 22.5 Å². The number of nitrogens with zero attached hydrogens (tertiary/aromatic N) is 1. The van der Waals surface area contributed by atoms with Crippen molar-refractivity contribution in [1.82, 2.24) is 4.57 Å². The Bertz CT molecular complexity index is 1180. The van der Waals surface area contributed by atoms with Gasteiger partial charge in [0.05, 0.1) is 6.61 Å². The maximum Gasteiger partial charge on any atom is 0.491 e. The van der Waals surface area contributed by atoms with Gasteiger partial charge in [-0.2, -0.15) is 0 Å². The second-order valence-electron chi connectivity index (χ2n) is 6.71. The molecule has 0 radical (unpaired) electrons. The van der Waals surface area contributed by atoms with E-state index in [0.29, 0.717) is 17.7 Å². The zero-order valence-corrected chi connectivity index (χ0v) is 14.5. The Morgan fingerprint density at radius 1 is 1.04 bits per heavy atom. The minimum absolute atomic E-state index is 0.00456. The highest BCUT2D eigenvalue weighted by Gasteiger charge is 2.27. The van der Waals surface area contributed by atoms with Gasteiger partial charge in [-0.25, -0.2) is 0 Å². The summed E-state index contributed by atoms with van der Waals surface area (Å²) in [5.41, 5.74) is 3.98. The topological polar surface area (TPSA) is 51.5 Å². The van der Waals surface area contributed by atoms with E-state index in [4.69, 9.17) is 4.65 Å². The molecule has 0 atom stereocenters. The second-order valence-corrected chi connectivity index (χ2v) is 6.71. The average Bonchev–Trinajstić information content (AvgIpc) is 3.34. The molecule has 0 spiro atoms. The zero-order chi connectivity index (χ0) is 18.4. The predicted molar refractivity (Wildman–Crippen MR) is 106 cm³/mol. The van der Waals surface area contributed by atoms with Crippen LogP contribution < -0.4 is 5.46 Å². The molecule has 3 aromatic carbocycles. The summed E-state index contributed by atoms with van der Waals surface area (Å²) in [4.78, 5) is 13.1. The Kier molecular flexibility index (Phi) is 3.71. The van der Waals surface area contributed by atoms with Gasteiger partial charge in [0, 0.05) is 29.2 Å². The standard InChI is InChI=1S/C22H16BNO3/c25-22(20-7-3-5-15-4-1-2-6-19(15)20)16-10-11-24(13-16)18-9-8-17-14-27-23(26)21(17)12-18/h1-13,26H,14H2. The maximum absolute atomic E-state index is 13.1. The van der Waals surface area contributed by atoms with Gasteiger partial charge in [-0.15, -0.1) is 0 Å². The van der Waals surface area contributed by atoms with Crippen LogP contribution in [0.5, 0.6) is 0 Å². The summed E-state index contributed by atoms with van der Waals surface area (Å²) >= 11 is 0. The molecule has 1 aliphatic rings. The first-order valence-corrected chi connectivity index (χ1v) is 8.84. The molecule has 1 aliphatic heterocycles. The number of hydrogen-bond donors (Lipinski definition) is 1. The van der Waals surface area contributed by atoms with Gasteiger partial charge in [-0.3, -0.25) is 4.79 Å². The molecule has 4 nitrogen and oxygen atoms in total. The van der Waals surface area contributed by atoms with Gasteiger partial charge >= 0.3 is 7.12 Å². The second kappa shape index (κ2) is 6.23. The van der Waals surface area contributed by atoms with E-state index in [9.17, 15) is 9.82 Å². The summed E-state index contributed by atoms with van der Waals surface area (Å²) in [5.74, 6) is -0.00456. The fourth-order valence-electron chi connectivity index (χ4n) is 3.63. The van der Waals surface area contributed by atoms with Gasteiger partial charge in [-0.05, 0) is 40.0 Å². The van der Waals surface area contributed by atoms with Crippen molar-refractivity contribution >= 4 is 29.1 Å². The molecule has 0 aliphatic carbocycles. The Hall–Kier alpha value is -3.15. The molecule has 0 unspecified atom stereocenters. The quantitative estimate of drug-likeness (QED) is 0.455. The normalized spacial score (nSPS) is 13.1. The number of carbonyl (C=O) groups is 1. The van der Waals surface area contributed by atoms with E-state index < -0.39 is 7.12 Å². The third-order valence-electron chi connectivity index (χ3n) is 5.08. The molecule has 1 N–H and O–H groups in total. The number of carbonyl (C=O) groups excluding carboxylic acids is 1. The molecule has 1 aromatic heterocycles. The molecule has 2 heterocycles. The average molecular weight is 353 g/mol. The highest BCUT2D eigenvalue weighted by Crippen LogP contribution is 2.22. The lowest BCUT2D eigenvalue weighted by atomic mass is 9.79. The largest absolute Gasteiger partial charge is 0.491 e. The Balaban J connectivity index is 1.52. The summed E-state index contributed by atoms with van der Waals surface area (Å²) < 4.78 is 7.14. The molecule has 0 bridgehead atoms. The van der Waals surface area contributed by atoms with Crippen LogP contribution in [0.3, 0.4) is 0 Å². The van der Waals surface area contributed by atoms with E-state index in [0.717, 1.165) is 27.5 Å².